The van der Waals surface area contributed by atoms with Gasteiger partial charge in [0.25, 0.3) is 0 Å². The second kappa shape index (κ2) is 84.1. The number of ether oxygens (including phenoxy) is 1. The zero-order valence-electron chi connectivity index (χ0n) is 92.1. The van der Waals surface area contributed by atoms with Crippen LogP contribution >= 0.6 is 0 Å². The fourth-order valence-corrected chi connectivity index (χ4v) is 14.5. The summed E-state index contributed by atoms with van der Waals surface area (Å²) >= 11 is 0. The van der Waals surface area contributed by atoms with E-state index in [4.69, 9.17) is 81.3 Å². The molecule has 3 rings (SSSR count). The number of hydrogen-bond acceptors (Lipinski definition) is 18. The fraction of sp³-hybridized carbons (Fsp3) is 0.708. The van der Waals surface area contributed by atoms with E-state index < -0.39 is 36.0 Å². The lowest BCUT2D eigenvalue weighted by molar-refractivity contribution is -0.144. The van der Waals surface area contributed by atoms with Crippen LogP contribution in [0, 0.1) is 148 Å². The summed E-state index contributed by atoms with van der Waals surface area (Å²) in [6.45, 7) is 91.5. The molecule has 796 valence electrons. The number of amides is 1. The molecule has 3 aromatic rings. The largest absolute Gasteiger partial charge is 0.513 e. The molecule has 23 heteroatoms. The van der Waals surface area contributed by atoms with Gasteiger partial charge in [0.05, 0.1) is 84.2 Å². The summed E-state index contributed by atoms with van der Waals surface area (Å²) < 4.78 is 4.77. The third-order valence-electron chi connectivity index (χ3n) is 22.7. The molecule has 0 aliphatic rings. The molecule has 0 heterocycles. The maximum atomic E-state index is 12.2. The van der Waals surface area contributed by atoms with E-state index in [1.54, 1.807) is 31.2 Å². The van der Waals surface area contributed by atoms with Crippen LogP contribution in [-0.2, 0) is 41.6 Å². The Hall–Kier alpha value is -7.77. The van der Waals surface area contributed by atoms with Crippen molar-refractivity contribution >= 4 is 29.8 Å². The maximum Gasteiger partial charge on any atom is 0.326 e. The van der Waals surface area contributed by atoms with Crippen molar-refractivity contribution in [2.75, 3.05) is 20.0 Å². The van der Waals surface area contributed by atoms with Gasteiger partial charge in [0, 0.05) is 41.4 Å². The zero-order valence-corrected chi connectivity index (χ0v) is 92.1. The van der Waals surface area contributed by atoms with Crippen molar-refractivity contribution < 1.29 is 110 Å². The number of phenols is 1. The number of hydrogen-bond donors (Lipinski definition) is 17. The molecule has 136 heavy (non-hydrogen) atoms. The summed E-state index contributed by atoms with van der Waals surface area (Å²) in [5.74, 6) is 3.48. The first-order chi connectivity index (χ1) is 62.2. The van der Waals surface area contributed by atoms with Gasteiger partial charge >= 0.3 is 23.9 Å². The number of aromatic hydroxyl groups is 1. The maximum absolute atomic E-state index is 12.2. The van der Waals surface area contributed by atoms with E-state index in [2.05, 4.69) is 161 Å². The van der Waals surface area contributed by atoms with Gasteiger partial charge in [-0.05, 0) is 209 Å². The minimum absolute atomic E-state index is 0.0208. The lowest BCUT2D eigenvalue weighted by Crippen LogP contribution is -2.45. The molecule has 0 fully saturated rings. The molecule has 14 atom stereocenters. The van der Waals surface area contributed by atoms with Gasteiger partial charge in [-0.15, -0.1) is 0 Å². The summed E-state index contributed by atoms with van der Waals surface area (Å²) in [7, 11) is 0. The van der Waals surface area contributed by atoms with Crippen LogP contribution in [0.25, 0.3) is 0 Å². The quantitative estimate of drug-likeness (QED) is 0.0142. The predicted molar refractivity (Wildman–Crippen MR) is 566 cm³/mol. The molecule has 23 nitrogen and oxygen atoms in total. The Bertz CT molecular complexity index is 3400. The number of rotatable bonds is 45. The van der Waals surface area contributed by atoms with E-state index in [0.29, 0.717) is 91.2 Å². The fourth-order valence-electron chi connectivity index (χ4n) is 14.5. The number of carbonyl (C=O) groups is 5. The number of nitrogens with one attached hydrogen (secondary N) is 1. The van der Waals surface area contributed by atoms with Crippen LogP contribution in [0.3, 0.4) is 0 Å². The summed E-state index contributed by atoms with van der Waals surface area (Å²) in [5.41, 5.74) is 3.26. The minimum Gasteiger partial charge on any atom is -0.513 e. The Morgan fingerprint density at radius 1 is 0.316 bits per heavy atom. The highest BCUT2D eigenvalue weighted by atomic mass is 16.6. The molecule has 13 unspecified atom stereocenters. The topological polar surface area (TPSA) is 430 Å². The average molecular weight is 1930 g/mol. The normalized spacial score (nSPS) is 14.1. The Kier molecular flexibility index (Phi) is 90.3. The highest BCUT2D eigenvalue weighted by Gasteiger charge is 2.30. The van der Waals surface area contributed by atoms with Crippen molar-refractivity contribution in [2.24, 2.45) is 148 Å². The number of phenolic OH excluding ortho intramolecular Hbond substituents is 1. The summed E-state index contributed by atoms with van der Waals surface area (Å²) in [6.07, 6.45) is 5.83. The number of aliphatic hydroxyl groups excluding tert-OH is 11. The lowest BCUT2D eigenvalue weighted by Gasteiger charge is -2.25. The molecule has 1 amide bonds. The van der Waals surface area contributed by atoms with Crippen LogP contribution in [0.2, 0.25) is 0 Å². The van der Waals surface area contributed by atoms with Crippen molar-refractivity contribution in [1.82, 2.24) is 5.32 Å². The van der Waals surface area contributed by atoms with Crippen LogP contribution in [0.4, 0.5) is 0 Å². The van der Waals surface area contributed by atoms with Gasteiger partial charge in [0.1, 0.15) is 18.6 Å². The first-order valence-corrected chi connectivity index (χ1v) is 49.7. The Morgan fingerprint density at radius 3 is 0.853 bits per heavy atom. The van der Waals surface area contributed by atoms with E-state index in [-0.39, 0.29) is 161 Å². The highest BCUT2D eigenvalue weighted by molar-refractivity contribution is 5.85. The van der Waals surface area contributed by atoms with Crippen molar-refractivity contribution in [3.8, 4) is 5.75 Å². The van der Waals surface area contributed by atoms with Gasteiger partial charge < -0.3 is 91.8 Å². The first-order valence-electron chi connectivity index (χ1n) is 49.7. The van der Waals surface area contributed by atoms with Crippen molar-refractivity contribution in [3.63, 3.8) is 0 Å². The smallest absolute Gasteiger partial charge is 0.326 e. The molecule has 0 aliphatic heterocycles. The summed E-state index contributed by atoms with van der Waals surface area (Å²) in [6, 6.07) is 25.9. The summed E-state index contributed by atoms with van der Waals surface area (Å²) in [5, 5.41) is 146. The second-order valence-electron chi connectivity index (χ2n) is 42.2. The van der Waals surface area contributed by atoms with Crippen LogP contribution < -0.4 is 5.32 Å². The number of aliphatic carboxylic acids is 4. The first kappa shape index (κ1) is 146. The average Bonchev–Trinajstić information content (AvgIpc) is 0.859. The third kappa shape index (κ3) is 83.2. The Morgan fingerprint density at radius 2 is 0.662 bits per heavy atom. The Labute approximate surface area is 828 Å². The molecule has 0 aromatic heterocycles. The molecular weight excluding hydrogens is 1720 g/mol. The van der Waals surface area contributed by atoms with Gasteiger partial charge in [0.15, 0.2) is 0 Å². The molecule has 0 radical (unpaired) electrons. The molecule has 0 saturated carbocycles. The van der Waals surface area contributed by atoms with Crippen LogP contribution in [0.5, 0.6) is 5.75 Å². The van der Waals surface area contributed by atoms with E-state index in [1.807, 2.05) is 187 Å². The number of carboxylic acids is 4. The monoisotopic (exact) mass is 1930 g/mol. The zero-order chi connectivity index (χ0) is 109. The van der Waals surface area contributed by atoms with E-state index in [1.165, 1.54) is 5.56 Å². The standard InChI is InChI=1S/C15H29NO3.C12H16O3.C12H16O2.C12H18O.C9H18O3.C9H18O2.C9H18O.C8H16O2.C7H14O2.C7H16O.C7H14O.C6H14O/c1-9(2)7-12(11(5)6)14(17)16-13(15(18)19)8-10(3)4;1-8(2)11(12(14)15)7-9-3-5-10(13)6-4-9;1-9(2)11(12(13)14)8-10-6-4-3-5-7-10;1-9(2)12(10(3)13)11-7-5-4-6-8-11;1-7(2)9(8(3)11)4-5-12-6-10;1-6(2)5-8(7(3)4)9(10)11;1-6(2)9(7(3)4)8(5)10;1-5(2)8(6(3)9)7(4)10;1-5(2)7(4-8)6(3)9;1-6(2)4-5-7(3)8;1-5(2)6(3)7(4)8;1-5(2)4-6(3)7/h9-13H,7-8H2,1-6H3,(H,16,17)(H,18,19);3-6,8,11,13H,7H2,1-2H3,(H,14,15);3-7,9,11H,8H2,1-2H3,(H,13,14);4-10,12-13H,1-3H3;7,9-11H,3-6H2,1-2H3;6-8H,5H2,1-4H3,(H,10,11);6-7,9-10H,5H2,1-4H3;5,7-10H,3H2,1-2,4H3;5,7-9H,3-4H2,1-2H3;6-8H,4-5H2,1-3H3;5-6,8H,4H2,1-3H3;5-7H,4H2,1-3H3/t12?,13-;;;;;;;;;;;/m0.........../s1. The van der Waals surface area contributed by atoms with Gasteiger partial charge in [-0.1, -0.05) is 334 Å². The van der Waals surface area contributed by atoms with Crippen molar-refractivity contribution in [1.29, 1.82) is 0 Å². The number of carboxylic acid groups (broad SMARTS) is 4. The third-order valence-corrected chi connectivity index (χ3v) is 22.7. The number of carbonyl (C=O) groups excluding carboxylic acids is 1. The van der Waals surface area contributed by atoms with E-state index in [9.17, 15) is 29.1 Å². The minimum atomic E-state index is -0.950. The van der Waals surface area contributed by atoms with Crippen molar-refractivity contribution in [3.05, 3.63) is 163 Å². The number of benzene rings is 3. The van der Waals surface area contributed by atoms with Gasteiger partial charge in [0.2, 0.25) is 5.91 Å². The van der Waals surface area contributed by atoms with Crippen molar-refractivity contribution in [2.45, 2.75) is 350 Å². The molecule has 17 N–H and O–H groups in total. The SMILES string of the molecule is C=C(O)C(C(C)C)C(C)C.C=C(O)C(C(C)C)C(C)O.C=C(O)C(C)C(C)C.C=C(O)C(CCOCO)C(C)C.C=C(O)C(CO)C(C)C.CC(C)C(Cc1ccc(O)cc1)C(=O)O.CC(C)C(Cc1ccccc1)C(=O)O.CC(C)C(c1ccccc1)C(C)O.CC(C)CC(C(=O)N[C@@H](CC(C)C)C(=O)O)C(C)C.CC(C)CC(C(=O)O)C(C)C.CC(C)CC(C)O.CC(C)CCC(C)O. The second-order valence-corrected chi connectivity index (χ2v) is 42.2. The van der Waals surface area contributed by atoms with Gasteiger partial charge in [-0.25, -0.2) is 4.79 Å². The predicted octanol–water partition coefficient (Wildman–Crippen LogP) is 26.3. The lowest BCUT2D eigenvalue weighted by atomic mass is 9.84. The summed E-state index contributed by atoms with van der Waals surface area (Å²) in [4.78, 5) is 56.0. The molecule has 0 saturated heterocycles. The number of allylic oxidation sites excluding steroid dienone is 3. The van der Waals surface area contributed by atoms with Crippen LogP contribution in [-0.4, -0.2) is 162 Å². The van der Waals surface area contributed by atoms with E-state index >= 15 is 0 Å². The Balaban J connectivity index is -0.000000187. The molecule has 0 aliphatic carbocycles. The number of aliphatic hydroxyl groups is 11. The molecule has 3 aromatic carbocycles. The van der Waals surface area contributed by atoms with Crippen LogP contribution in [0.1, 0.15) is 324 Å². The van der Waals surface area contributed by atoms with Gasteiger partial charge in [-0.2, -0.15) is 0 Å². The molecule has 0 bridgehead atoms. The van der Waals surface area contributed by atoms with Gasteiger partial charge in [-0.3, -0.25) is 19.2 Å². The van der Waals surface area contributed by atoms with Crippen LogP contribution in [0.15, 0.2) is 147 Å². The highest BCUT2D eigenvalue weighted by Crippen LogP contribution is 2.30. The molecule has 0 spiro atoms. The van der Waals surface area contributed by atoms with E-state index in [0.717, 1.165) is 49.1 Å². The molecular formula is C113H207NO22.